The van der Waals surface area contributed by atoms with Crippen LogP contribution in [0.3, 0.4) is 0 Å². The van der Waals surface area contributed by atoms with Crippen molar-refractivity contribution in [3.8, 4) is 0 Å². The lowest BCUT2D eigenvalue weighted by Gasteiger charge is -2.22. The minimum Gasteiger partial charge on any atom is -0.385 e. The molecule has 0 radical (unpaired) electrons. The molecule has 92 valence electrons. The first-order valence-corrected chi connectivity index (χ1v) is 5.76. The highest BCUT2D eigenvalue weighted by molar-refractivity contribution is 5.64. The summed E-state index contributed by atoms with van der Waals surface area (Å²) in [6, 6.07) is 8.88. The summed E-state index contributed by atoms with van der Waals surface area (Å²) in [7, 11) is 0. The molecule has 2 atom stereocenters. The summed E-state index contributed by atoms with van der Waals surface area (Å²) >= 11 is 0. The van der Waals surface area contributed by atoms with Crippen LogP contribution in [-0.4, -0.2) is 22.3 Å². The summed E-state index contributed by atoms with van der Waals surface area (Å²) in [4.78, 5) is 10.8. The van der Waals surface area contributed by atoms with Crippen molar-refractivity contribution < 1.29 is 15.0 Å². The summed E-state index contributed by atoms with van der Waals surface area (Å²) in [6.45, 7) is 0. The zero-order chi connectivity index (χ0) is 13.0. The molecule has 2 N–H and O–H groups in total. The predicted octanol–water partition coefficient (Wildman–Crippen LogP) is 1.73. The minimum atomic E-state index is -1.12. The van der Waals surface area contributed by atoms with Gasteiger partial charge in [0.15, 0.2) is 0 Å². The Labute approximate surface area is 105 Å². The van der Waals surface area contributed by atoms with Gasteiger partial charge in [0.2, 0.25) is 0 Å². The topological polar surface area (TPSA) is 57.5 Å². The van der Waals surface area contributed by atoms with Gasteiger partial charge in [-0.3, -0.25) is 0 Å². The Kier molecular flexibility index (Phi) is 3.90. The molecule has 3 heteroatoms. The van der Waals surface area contributed by atoms with Crippen LogP contribution in [0.5, 0.6) is 0 Å². The molecule has 1 aliphatic rings. The van der Waals surface area contributed by atoms with Crippen LogP contribution >= 0.6 is 0 Å². The number of benzene rings is 1. The lowest BCUT2D eigenvalue weighted by Crippen LogP contribution is -2.22. The first-order chi connectivity index (χ1) is 8.74. The van der Waals surface area contributed by atoms with E-state index < -0.39 is 12.2 Å². The van der Waals surface area contributed by atoms with Crippen LogP contribution in [0, 0.1) is 0 Å². The number of hydrogen-bond acceptors (Lipinski definition) is 3. The van der Waals surface area contributed by atoms with Crippen molar-refractivity contribution in [2.75, 3.05) is 0 Å². The van der Waals surface area contributed by atoms with E-state index in [1.807, 2.05) is 18.1 Å². The third-order valence-corrected chi connectivity index (χ3v) is 2.96. The molecule has 0 heterocycles. The molecule has 0 aromatic heterocycles. The van der Waals surface area contributed by atoms with Crippen LogP contribution in [0.25, 0.3) is 0 Å². The quantitative estimate of drug-likeness (QED) is 0.793. The fourth-order valence-electron chi connectivity index (χ4n) is 1.96. The molecule has 0 fully saturated rings. The van der Waals surface area contributed by atoms with Gasteiger partial charge in [-0.05, 0) is 11.1 Å². The van der Waals surface area contributed by atoms with Crippen LogP contribution in [0.2, 0.25) is 0 Å². The number of allylic oxidation sites excluding steroid dienone is 3. The second kappa shape index (κ2) is 5.61. The SMILES string of the molecule is O=C=C1CC=CC=C1C(O)C(O)c1ccccc1. The Morgan fingerprint density at radius 2 is 1.83 bits per heavy atom. The minimum absolute atomic E-state index is 0.389. The van der Waals surface area contributed by atoms with Crippen molar-refractivity contribution >= 4 is 5.94 Å². The molecule has 0 spiro atoms. The standard InChI is InChI=1S/C15H14O3/c16-10-12-8-4-5-9-13(12)15(18)14(17)11-6-2-1-3-7-11/h1-7,9,14-15,17-18H,8H2. The maximum atomic E-state index is 10.8. The number of carbonyl (C=O) groups excluding carboxylic acids is 1. The zero-order valence-corrected chi connectivity index (χ0v) is 9.78. The predicted molar refractivity (Wildman–Crippen MR) is 68.5 cm³/mol. The zero-order valence-electron chi connectivity index (χ0n) is 9.78. The third kappa shape index (κ3) is 2.49. The van der Waals surface area contributed by atoms with Crippen molar-refractivity contribution in [2.24, 2.45) is 0 Å². The number of aliphatic hydroxyl groups excluding tert-OH is 2. The third-order valence-electron chi connectivity index (χ3n) is 2.96. The van der Waals surface area contributed by atoms with Crippen LogP contribution in [0.1, 0.15) is 18.1 Å². The average Bonchev–Trinajstić information content (AvgIpc) is 2.46. The Morgan fingerprint density at radius 1 is 1.11 bits per heavy atom. The number of aliphatic hydroxyl groups is 2. The van der Waals surface area contributed by atoms with Gasteiger partial charge < -0.3 is 10.2 Å². The molecule has 18 heavy (non-hydrogen) atoms. The molecule has 0 saturated carbocycles. The maximum absolute atomic E-state index is 10.8. The average molecular weight is 242 g/mol. The van der Waals surface area contributed by atoms with Gasteiger partial charge in [-0.2, -0.15) is 0 Å². The summed E-state index contributed by atoms with van der Waals surface area (Å²) < 4.78 is 0. The van der Waals surface area contributed by atoms with E-state index in [9.17, 15) is 15.0 Å². The lowest BCUT2D eigenvalue weighted by molar-refractivity contribution is 0.0423. The fraction of sp³-hybridized carbons (Fsp3) is 0.200. The number of rotatable bonds is 3. The Balaban J connectivity index is 2.26. The van der Waals surface area contributed by atoms with Gasteiger partial charge in [0.25, 0.3) is 0 Å². The van der Waals surface area contributed by atoms with Crippen LogP contribution in [0.4, 0.5) is 0 Å². The van der Waals surface area contributed by atoms with Crippen molar-refractivity contribution in [3.05, 3.63) is 65.3 Å². The van der Waals surface area contributed by atoms with Crippen molar-refractivity contribution in [1.29, 1.82) is 0 Å². The number of hydrogen-bond donors (Lipinski definition) is 2. The van der Waals surface area contributed by atoms with Crippen LogP contribution in [0.15, 0.2) is 59.7 Å². The second-order valence-corrected chi connectivity index (χ2v) is 4.14. The van der Waals surface area contributed by atoms with E-state index in [0.29, 0.717) is 23.1 Å². The summed E-state index contributed by atoms with van der Waals surface area (Å²) in [5.74, 6) is 1.82. The molecule has 1 aliphatic carbocycles. The van der Waals surface area contributed by atoms with Crippen LogP contribution in [-0.2, 0) is 4.79 Å². The first kappa shape index (κ1) is 12.5. The van der Waals surface area contributed by atoms with Crippen molar-refractivity contribution in [1.82, 2.24) is 0 Å². The molecule has 1 aromatic carbocycles. The van der Waals surface area contributed by atoms with E-state index in [1.165, 1.54) is 0 Å². The molecule has 0 bridgehead atoms. The van der Waals surface area contributed by atoms with Crippen molar-refractivity contribution in [3.63, 3.8) is 0 Å². The molecular formula is C15H14O3. The fourth-order valence-corrected chi connectivity index (χ4v) is 1.96. The van der Waals surface area contributed by atoms with E-state index in [0.717, 1.165) is 0 Å². The molecule has 3 nitrogen and oxygen atoms in total. The smallest absolute Gasteiger partial charge is 0.128 e. The second-order valence-electron chi connectivity index (χ2n) is 4.14. The molecule has 0 saturated heterocycles. The highest BCUT2D eigenvalue weighted by Gasteiger charge is 2.25. The van der Waals surface area contributed by atoms with Gasteiger partial charge in [-0.25, -0.2) is 4.79 Å². The summed E-state index contributed by atoms with van der Waals surface area (Å²) in [6.07, 6.45) is 3.48. The molecule has 2 rings (SSSR count). The van der Waals surface area contributed by atoms with Gasteiger partial charge in [0.1, 0.15) is 18.1 Å². The van der Waals surface area contributed by atoms with Gasteiger partial charge in [-0.1, -0.05) is 48.6 Å². The van der Waals surface area contributed by atoms with E-state index in [-0.39, 0.29) is 0 Å². The van der Waals surface area contributed by atoms with E-state index >= 15 is 0 Å². The van der Waals surface area contributed by atoms with Gasteiger partial charge in [-0.15, -0.1) is 0 Å². The Hall–Kier alpha value is -1.93. The Bertz CT molecular complexity index is 522. The lowest BCUT2D eigenvalue weighted by atomic mass is 9.90. The van der Waals surface area contributed by atoms with Gasteiger partial charge >= 0.3 is 0 Å². The summed E-state index contributed by atoms with van der Waals surface area (Å²) in [5.41, 5.74) is 1.44. The largest absolute Gasteiger partial charge is 0.385 e. The van der Waals surface area contributed by atoms with Gasteiger partial charge in [0.05, 0.1) is 0 Å². The normalized spacial score (nSPS) is 17.9. The van der Waals surface area contributed by atoms with Crippen molar-refractivity contribution in [2.45, 2.75) is 18.6 Å². The van der Waals surface area contributed by atoms with E-state index in [1.54, 1.807) is 36.4 Å². The van der Waals surface area contributed by atoms with E-state index in [2.05, 4.69) is 0 Å². The van der Waals surface area contributed by atoms with Crippen LogP contribution < -0.4 is 0 Å². The maximum Gasteiger partial charge on any atom is 0.128 e. The first-order valence-electron chi connectivity index (χ1n) is 5.76. The molecule has 1 aromatic rings. The Morgan fingerprint density at radius 3 is 2.50 bits per heavy atom. The highest BCUT2D eigenvalue weighted by Crippen LogP contribution is 2.28. The van der Waals surface area contributed by atoms with E-state index in [4.69, 9.17) is 0 Å². The van der Waals surface area contributed by atoms with Gasteiger partial charge in [0, 0.05) is 12.0 Å². The molecule has 0 amide bonds. The molecular weight excluding hydrogens is 228 g/mol. The highest BCUT2D eigenvalue weighted by atomic mass is 16.3. The molecule has 0 aliphatic heterocycles. The molecule has 2 unspecified atom stereocenters. The summed E-state index contributed by atoms with van der Waals surface area (Å²) in [5, 5.41) is 20.2. The monoisotopic (exact) mass is 242 g/mol.